The summed E-state index contributed by atoms with van der Waals surface area (Å²) in [5.41, 5.74) is 0. The highest BCUT2D eigenvalue weighted by Crippen LogP contribution is 2.52. The predicted molar refractivity (Wildman–Crippen MR) is 44.4 cm³/mol. The van der Waals surface area contributed by atoms with Gasteiger partial charge >= 0.3 is 34.5 Å². The quantitative estimate of drug-likeness (QED) is 0.575. The van der Waals surface area contributed by atoms with Crippen LogP contribution in [0.15, 0.2) is 0 Å². The first-order valence-corrected chi connectivity index (χ1v) is 7.64. The molecular weight excluding hydrogens is 349 g/mol. The van der Waals surface area contributed by atoms with Gasteiger partial charge in [-0.15, -0.1) is 0 Å². The molecule has 0 atom stereocenters. The molecule has 0 amide bonds. The summed E-state index contributed by atoms with van der Waals surface area (Å²) in [4.78, 5) is 0. The van der Waals surface area contributed by atoms with Crippen LogP contribution in [0.2, 0.25) is 0 Å². The summed E-state index contributed by atoms with van der Waals surface area (Å²) in [5.74, 6) is -6.85. The Morgan fingerprint density at radius 2 is 0.824 bits per heavy atom. The van der Waals surface area contributed by atoms with Crippen LogP contribution in [-0.4, -0.2) is 33.3 Å². The van der Waals surface area contributed by atoms with E-state index in [1.165, 1.54) is 0 Å². The first-order valence-electron chi connectivity index (χ1n) is 3.02. The highest BCUT2D eigenvalue weighted by atomic mass is 35.7. The second kappa shape index (κ2) is 4.03. The molecule has 0 rings (SSSR count). The van der Waals surface area contributed by atoms with Gasteiger partial charge in [0.25, 0.3) is 0 Å². The smallest absolute Gasteiger partial charge is 0.206 e. The zero-order valence-corrected chi connectivity index (χ0v) is 10.1. The Bertz CT molecular complexity index is 463. The van der Waals surface area contributed by atoms with Crippen molar-refractivity contribution < 1.29 is 43.2 Å². The van der Waals surface area contributed by atoms with Crippen LogP contribution in [0.3, 0.4) is 0 Å². The Morgan fingerprint density at radius 3 is 0.941 bits per heavy atom. The van der Waals surface area contributed by atoms with E-state index >= 15 is 0 Å². The van der Waals surface area contributed by atoms with Crippen LogP contribution in [0.4, 0.5) is 26.3 Å². The Balaban J connectivity index is 6.10. The third-order valence-electron chi connectivity index (χ3n) is 1.34. The molecule has 0 saturated heterocycles. The largest absolute Gasteiger partial charge is 0.428 e. The van der Waals surface area contributed by atoms with Gasteiger partial charge in [0.15, 0.2) is 0 Å². The average molecular weight is 349 g/mol. The summed E-state index contributed by atoms with van der Waals surface area (Å²) < 4.78 is 115. The zero-order valence-electron chi connectivity index (χ0n) is 6.97. The summed E-state index contributed by atoms with van der Waals surface area (Å²) in [6.07, 6.45) is 0. The maximum Gasteiger partial charge on any atom is 0.428 e. The summed E-state index contributed by atoms with van der Waals surface area (Å²) in [5, 5.41) is -13.1. The van der Waals surface area contributed by atoms with Crippen molar-refractivity contribution in [1.82, 2.24) is 0 Å². The molecule has 0 saturated carbocycles. The van der Waals surface area contributed by atoms with E-state index in [2.05, 4.69) is 21.4 Å². The minimum Gasteiger partial charge on any atom is -0.206 e. The van der Waals surface area contributed by atoms with Gasteiger partial charge in [-0.3, -0.25) is 0 Å². The maximum absolute atomic E-state index is 12.5. The highest BCUT2D eigenvalue weighted by Gasteiger charge is 2.81. The maximum atomic E-state index is 12.5. The van der Waals surface area contributed by atoms with Crippen molar-refractivity contribution in [2.24, 2.45) is 0 Å². The molecule has 0 N–H and O–H groups in total. The molecule has 0 aliphatic rings. The van der Waals surface area contributed by atoms with E-state index < -0.39 is 34.5 Å². The van der Waals surface area contributed by atoms with Gasteiger partial charge in [0, 0.05) is 21.4 Å². The number of rotatable bonds is 4. The molecule has 0 fully saturated rings. The van der Waals surface area contributed by atoms with Gasteiger partial charge in [-0.1, -0.05) is 0 Å². The minimum atomic E-state index is -6.85. The van der Waals surface area contributed by atoms with Crippen LogP contribution in [0.5, 0.6) is 0 Å². The Morgan fingerprint density at radius 1 is 0.647 bits per heavy atom. The normalized spacial score (nSPS) is 16.0. The molecule has 17 heavy (non-hydrogen) atoms. The molecular formula is C3Cl2F6O4S2. The lowest BCUT2D eigenvalue weighted by Crippen LogP contribution is -2.58. The molecule has 0 spiro atoms. The van der Waals surface area contributed by atoms with Crippen LogP contribution in [-0.2, 0) is 18.1 Å². The van der Waals surface area contributed by atoms with Crippen LogP contribution in [0.25, 0.3) is 0 Å². The first kappa shape index (κ1) is 17.1. The van der Waals surface area contributed by atoms with Crippen molar-refractivity contribution in [1.29, 1.82) is 0 Å². The molecule has 0 aliphatic carbocycles. The highest BCUT2D eigenvalue weighted by molar-refractivity contribution is 8.15. The van der Waals surface area contributed by atoms with Gasteiger partial charge in [-0.2, -0.15) is 26.3 Å². The lowest BCUT2D eigenvalue weighted by molar-refractivity contribution is -0.242. The van der Waals surface area contributed by atoms with E-state index in [-0.39, 0.29) is 0 Å². The van der Waals surface area contributed by atoms with Crippen molar-refractivity contribution in [3.05, 3.63) is 0 Å². The monoisotopic (exact) mass is 348 g/mol. The molecule has 0 aliphatic heterocycles. The minimum absolute atomic E-state index is 3.84. The first-order chi connectivity index (χ1) is 7.00. The lowest BCUT2D eigenvalue weighted by Gasteiger charge is -2.28. The fourth-order valence-electron chi connectivity index (χ4n) is 0.476. The molecule has 4 nitrogen and oxygen atoms in total. The van der Waals surface area contributed by atoms with Crippen molar-refractivity contribution in [3.63, 3.8) is 0 Å². The van der Waals surface area contributed by atoms with E-state index in [0.29, 0.717) is 0 Å². The van der Waals surface area contributed by atoms with E-state index in [1.807, 2.05) is 0 Å². The molecule has 14 heteroatoms. The second-order valence-electron chi connectivity index (χ2n) is 2.48. The van der Waals surface area contributed by atoms with Crippen molar-refractivity contribution in [2.75, 3.05) is 0 Å². The molecule has 0 aromatic rings. The van der Waals surface area contributed by atoms with Crippen LogP contribution in [0.1, 0.15) is 0 Å². The predicted octanol–water partition coefficient (Wildman–Crippen LogP) is 1.94. The number of halogens is 8. The summed E-state index contributed by atoms with van der Waals surface area (Å²) >= 11 is 0. The Hall–Kier alpha value is 0.0600. The third kappa shape index (κ3) is 2.44. The molecule has 0 unspecified atom stereocenters. The fraction of sp³-hybridized carbons (Fsp3) is 1.00. The zero-order chi connectivity index (χ0) is 14.5. The van der Waals surface area contributed by atoms with Gasteiger partial charge in [0.1, 0.15) is 0 Å². The second-order valence-corrected chi connectivity index (χ2v) is 7.70. The van der Waals surface area contributed by atoms with Gasteiger partial charge in [0.2, 0.25) is 0 Å². The molecule has 0 aromatic heterocycles. The Labute approximate surface area is 99.3 Å². The van der Waals surface area contributed by atoms with E-state index in [1.54, 1.807) is 0 Å². The molecule has 0 aromatic carbocycles. The molecule has 0 heterocycles. The van der Waals surface area contributed by atoms with E-state index in [9.17, 15) is 43.2 Å². The van der Waals surface area contributed by atoms with E-state index in [0.717, 1.165) is 0 Å². The van der Waals surface area contributed by atoms with Gasteiger partial charge in [0.05, 0.1) is 0 Å². The molecule has 0 bridgehead atoms. The van der Waals surface area contributed by atoms with E-state index in [4.69, 9.17) is 0 Å². The van der Waals surface area contributed by atoms with Gasteiger partial charge in [-0.25, -0.2) is 16.8 Å². The summed E-state index contributed by atoms with van der Waals surface area (Å²) in [6.45, 7) is 0. The number of hydrogen-bond acceptors (Lipinski definition) is 4. The SMILES string of the molecule is O=S(=O)(Cl)C(F)(F)C(F)(F)C(F)(F)S(=O)(=O)Cl. The van der Waals surface area contributed by atoms with Crippen LogP contribution >= 0.6 is 21.4 Å². The third-order valence-corrected chi connectivity index (χ3v) is 4.24. The van der Waals surface area contributed by atoms with Crippen molar-refractivity contribution in [2.45, 2.75) is 16.4 Å². The van der Waals surface area contributed by atoms with Gasteiger partial charge < -0.3 is 0 Å². The number of alkyl halides is 6. The summed E-state index contributed by atoms with van der Waals surface area (Å²) in [6, 6.07) is 0. The standard InChI is InChI=1S/C3Cl2F6O4S2/c4-16(12,13)2(8,9)1(6,7)3(10,11)17(5,14)15. The molecule has 104 valence electrons. The average Bonchev–Trinajstić information content (AvgIpc) is 1.98. The summed E-state index contributed by atoms with van der Waals surface area (Å²) in [7, 11) is -5.36. The fourth-order valence-corrected chi connectivity index (χ4v) is 1.99. The topological polar surface area (TPSA) is 68.3 Å². The van der Waals surface area contributed by atoms with Crippen molar-refractivity contribution in [3.8, 4) is 0 Å². The van der Waals surface area contributed by atoms with Crippen molar-refractivity contribution >= 4 is 39.5 Å². The molecule has 0 radical (unpaired) electrons. The van der Waals surface area contributed by atoms with Crippen LogP contribution in [0, 0.1) is 0 Å². The number of hydrogen-bond donors (Lipinski definition) is 0. The lowest BCUT2D eigenvalue weighted by atomic mass is 10.3. The van der Waals surface area contributed by atoms with Gasteiger partial charge in [-0.05, 0) is 0 Å². The van der Waals surface area contributed by atoms with Crippen LogP contribution < -0.4 is 0 Å². The Kier molecular flexibility index (Phi) is 4.05.